The number of para-hydroxylation sites is 2. The van der Waals surface area contributed by atoms with Crippen molar-refractivity contribution in [3.63, 3.8) is 0 Å². The van der Waals surface area contributed by atoms with Gasteiger partial charge in [0.2, 0.25) is 0 Å². The second-order valence-corrected chi connectivity index (χ2v) is 4.08. The van der Waals surface area contributed by atoms with Crippen molar-refractivity contribution in [1.29, 1.82) is 0 Å². The minimum absolute atomic E-state index is 0.554. The second-order valence-electron chi connectivity index (χ2n) is 4.08. The number of ether oxygens (including phenoxy) is 2. The van der Waals surface area contributed by atoms with E-state index in [4.69, 9.17) is 9.47 Å². The zero-order valence-corrected chi connectivity index (χ0v) is 11.3. The van der Waals surface area contributed by atoms with Gasteiger partial charge in [-0.1, -0.05) is 12.1 Å². The lowest BCUT2D eigenvalue weighted by molar-refractivity contribution is 0.272. The van der Waals surface area contributed by atoms with Crippen LogP contribution < -0.4 is 14.8 Å². The third-order valence-electron chi connectivity index (χ3n) is 2.79. The summed E-state index contributed by atoms with van der Waals surface area (Å²) in [6, 6.07) is 9.63. The molecule has 5 heteroatoms. The molecule has 1 aromatic carbocycles. The van der Waals surface area contributed by atoms with Gasteiger partial charge in [0.1, 0.15) is 6.61 Å². The lowest BCUT2D eigenvalue weighted by Crippen LogP contribution is -2.16. The highest BCUT2D eigenvalue weighted by Gasteiger charge is 2.04. The van der Waals surface area contributed by atoms with E-state index in [-0.39, 0.29) is 0 Å². The third-order valence-corrected chi connectivity index (χ3v) is 2.79. The summed E-state index contributed by atoms with van der Waals surface area (Å²) in [6.07, 6.45) is 1.80. The van der Waals surface area contributed by atoms with Gasteiger partial charge in [0, 0.05) is 12.7 Å². The molecule has 0 spiro atoms. The van der Waals surface area contributed by atoms with Gasteiger partial charge in [-0.2, -0.15) is 5.10 Å². The van der Waals surface area contributed by atoms with Gasteiger partial charge in [0.25, 0.3) is 0 Å². The molecular formula is C14H19N3O2. The molecule has 0 atom stereocenters. The molecule has 0 amide bonds. The van der Waals surface area contributed by atoms with Crippen molar-refractivity contribution in [2.24, 2.45) is 0 Å². The van der Waals surface area contributed by atoms with Crippen LogP contribution in [0.25, 0.3) is 0 Å². The van der Waals surface area contributed by atoms with Gasteiger partial charge in [0.15, 0.2) is 11.5 Å². The Morgan fingerprint density at radius 2 is 2.00 bits per heavy atom. The second kappa shape index (κ2) is 6.80. The van der Waals surface area contributed by atoms with Crippen LogP contribution >= 0.6 is 0 Å². The van der Waals surface area contributed by atoms with Gasteiger partial charge in [-0.25, -0.2) is 0 Å². The first-order chi connectivity index (χ1) is 9.35. The summed E-state index contributed by atoms with van der Waals surface area (Å²) < 4.78 is 12.9. The summed E-state index contributed by atoms with van der Waals surface area (Å²) in [6.45, 7) is 2.06. The lowest BCUT2D eigenvalue weighted by Gasteiger charge is -2.11. The molecule has 5 nitrogen and oxygen atoms in total. The Morgan fingerprint density at radius 3 is 2.74 bits per heavy atom. The van der Waals surface area contributed by atoms with Crippen molar-refractivity contribution in [3.05, 3.63) is 42.2 Å². The van der Waals surface area contributed by atoms with Gasteiger partial charge in [-0.15, -0.1) is 0 Å². The van der Waals surface area contributed by atoms with Crippen LogP contribution in [0.5, 0.6) is 11.5 Å². The molecule has 0 radical (unpaired) electrons. The molecule has 0 unspecified atom stereocenters. The Bertz CT molecular complexity index is 511. The smallest absolute Gasteiger partial charge is 0.161 e. The lowest BCUT2D eigenvalue weighted by atomic mass is 10.3. The van der Waals surface area contributed by atoms with Crippen LogP contribution in [0, 0.1) is 0 Å². The van der Waals surface area contributed by atoms with E-state index in [2.05, 4.69) is 10.4 Å². The minimum Gasteiger partial charge on any atom is -0.493 e. The van der Waals surface area contributed by atoms with E-state index < -0.39 is 0 Å². The van der Waals surface area contributed by atoms with Crippen LogP contribution in [-0.4, -0.2) is 30.5 Å². The summed E-state index contributed by atoms with van der Waals surface area (Å²) in [5.74, 6) is 1.51. The highest BCUT2D eigenvalue weighted by molar-refractivity contribution is 5.39. The molecule has 0 aliphatic carbocycles. The quantitative estimate of drug-likeness (QED) is 0.824. The number of aromatic nitrogens is 2. The van der Waals surface area contributed by atoms with Gasteiger partial charge in [0.05, 0.1) is 19.3 Å². The Kier molecular flexibility index (Phi) is 4.80. The minimum atomic E-state index is 0.554. The summed E-state index contributed by atoms with van der Waals surface area (Å²) in [5, 5.41) is 7.39. The van der Waals surface area contributed by atoms with Crippen LogP contribution in [0.2, 0.25) is 0 Å². The van der Waals surface area contributed by atoms with E-state index in [0.717, 1.165) is 23.7 Å². The van der Waals surface area contributed by atoms with Crippen molar-refractivity contribution in [1.82, 2.24) is 15.1 Å². The highest BCUT2D eigenvalue weighted by Crippen LogP contribution is 2.25. The van der Waals surface area contributed by atoms with E-state index in [1.807, 2.05) is 42.1 Å². The first-order valence-electron chi connectivity index (χ1n) is 6.26. The zero-order valence-electron chi connectivity index (χ0n) is 11.3. The average Bonchev–Trinajstić information content (AvgIpc) is 2.87. The Labute approximate surface area is 113 Å². The molecule has 0 aliphatic heterocycles. The Hall–Kier alpha value is -2.01. The van der Waals surface area contributed by atoms with Crippen molar-refractivity contribution < 1.29 is 9.47 Å². The SMILES string of the molecule is CNCc1ccnn1CCOc1ccccc1OC. The third kappa shape index (κ3) is 3.48. The van der Waals surface area contributed by atoms with E-state index in [0.29, 0.717) is 13.2 Å². The van der Waals surface area contributed by atoms with E-state index in [1.54, 1.807) is 13.3 Å². The van der Waals surface area contributed by atoms with E-state index >= 15 is 0 Å². The number of nitrogens with one attached hydrogen (secondary N) is 1. The van der Waals surface area contributed by atoms with E-state index in [1.165, 1.54) is 0 Å². The van der Waals surface area contributed by atoms with Crippen LogP contribution in [0.15, 0.2) is 36.5 Å². The molecular weight excluding hydrogens is 242 g/mol. The molecule has 0 fully saturated rings. The standard InChI is InChI=1S/C14H19N3O2/c1-15-11-12-7-8-16-17(12)9-10-19-14-6-4-3-5-13(14)18-2/h3-8,15H,9-11H2,1-2H3. The number of methoxy groups -OCH3 is 1. The first kappa shape index (κ1) is 13.4. The van der Waals surface area contributed by atoms with Crippen LogP contribution in [0.3, 0.4) is 0 Å². The van der Waals surface area contributed by atoms with Crippen LogP contribution in [0.4, 0.5) is 0 Å². The number of hydrogen-bond acceptors (Lipinski definition) is 4. The highest BCUT2D eigenvalue weighted by atomic mass is 16.5. The summed E-state index contributed by atoms with van der Waals surface area (Å²) >= 11 is 0. The molecule has 1 heterocycles. The van der Waals surface area contributed by atoms with Crippen molar-refractivity contribution in [3.8, 4) is 11.5 Å². The largest absolute Gasteiger partial charge is 0.493 e. The molecule has 0 bridgehead atoms. The first-order valence-corrected chi connectivity index (χ1v) is 6.26. The van der Waals surface area contributed by atoms with Gasteiger partial charge in [-0.05, 0) is 25.2 Å². The predicted octanol–water partition coefficient (Wildman–Crippen LogP) is 1.69. The maximum absolute atomic E-state index is 5.73. The molecule has 0 saturated carbocycles. The van der Waals surface area contributed by atoms with Gasteiger partial charge >= 0.3 is 0 Å². The van der Waals surface area contributed by atoms with Crippen molar-refractivity contribution in [2.75, 3.05) is 20.8 Å². The average molecular weight is 261 g/mol. The molecule has 0 saturated heterocycles. The number of rotatable bonds is 7. The molecule has 2 aromatic rings. The number of hydrogen-bond donors (Lipinski definition) is 1. The van der Waals surface area contributed by atoms with Crippen LogP contribution in [-0.2, 0) is 13.1 Å². The summed E-state index contributed by atoms with van der Waals surface area (Å²) in [5.41, 5.74) is 1.14. The van der Waals surface area contributed by atoms with Gasteiger partial charge in [-0.3, -0.25) is 4.68 Å². The Balaban J connectivity index is 1.91. The normalized spacial score (nSPS) is 10.4. The topological polar surface area (TPSA) is 48.3 Å². The fourth-order valence-electron chi connectivity index (χ4n) is 1.87. The molecule has 1 aromatic heterocycles. The molecule has 0 aliphatic rings. The molecule has 102 valence electrons. The number of nitrogens with zero attached hydrogens (tertiary/aromatic N) is 2. The fraction of sp³-hybridized carbons (Fsp3) is 0.357. The summed E-state index contributed by atoms with van der Waals surface area (Å²) in [7, 11) is 3.56. The molecule has 1 N–H and O–H groups in total. The van der Waals surface area contributed by atoms with E-state index in [9.17, 15) is 0 Å². The number of benzene rings is 1. The fourth-order valence-corrected chi connectivity index (χ4v) is 1.87. The Morgan fingerprint density at radius 1 is 1.21 bits per heavy atom. The molecule has 2 rings (SSSR count). The molecule has 19 heavy (non-hydrogen) atoms. The van der Waals surface area contributed by atoms with Crippen molar-refractivity contribution in [2.45, 2.75) is 13.1 Å². The predicted molar refractivity (Wildman–Crippen MR) is 73.5 cm³/mol. The van der Waals surface area contributed by atoms with Crippen molar-refractivity contribution >= 4 is 0 Å². The van der Waals surface area contributed by atoms with Gasteiger partial charge < -0.3 is 14.8 Å². The monoisotopic (exact) mass is 261 g/mol. The zero-order chi connectivity index (χ0) is 13.5. The maximum atomic E-state index is 5.73. The summed E-state index contributed by atoms with van der Waals surface area (Å²) in [4.78, 5) is 0. The maximum Gasteiger partial charge on any atom is 0.161 e. The van der Waals surface area contributed by atoms with Crippen LogP contribution in [0.1, 0.15) is 5.69 Å².